The zero-order valence-corrected chi connectivity index (χ0v) is 10.1. The molecule has 2 rings (SSSR count). The van der Waals surface area contributed by atoms with Gasteiger partial charge in [-0.2, -0.15) is 0 Å². The maximum Gasteiger partial charge on any atom is 0.115 e. The molecule has 0 saturated carbocycles. The summed E-state index contributed by atoms with van der Waals surface area (Å²) in [5.74, 6) is 0.209. The maximum absolute atomic E-state index is 10.5. The van der Waals surface area contributed by atoms with E-state index in [4.69, 9.17) is 0 Å². The summed E-state index contributed by atoms with van der Waals surface area (Å²) in [4.78, 5) is 1.18. The number of aliphatic hydroxyl groups is 1. The fraction of sp³-hybridized carbons (Fsp3) is 0.231. The molecule has 0 spiro atoms. The third-order valence-corrected chi connectivity index (χ3v) is 3.58. The Labute approximate surface area is 98.8 Å². The number of thiophene rings is 1. The lowest BCUT2D eigenvalue weighted by Crippen LogP contribution is -2.21. The fourth-order valence-electron chi connectivity index (χ4n) is 1.65. The van der Waals surface area contributed by atoms with Gasteiger partial charge in [-0.25, -0.2) is 0 Å². The molecule has 84 valence electrons. The lowest BCUT2D eigenvalue weighted by Gasteiger charge is -2.23. The van der Waals surface area contributed by atoms with E-state index in [9.17, 15) is 10.2 Å². The molecule has 0 bridgehead atoms. The van der Waals surface area contributed by atoms with Gasteiger partial charge in [0.2, 0.25) is 0 Å². The molecule has 0 aliphatic rings. The minimum absolute atomic E-state index is 0.209. The van der Waals surface area contributed by atoms with E-state index in [0.717, 1.165) is 11.1 Å². The number of aryl methyl sites for hydroxylation is 1. The van der Waals surface area contributed by atoms with Crippen LogP contribution in [0.3, 0.4) is 0 Å². The van der Waals surface area contributed by atoms with E-state index in [2.05, 4.69) is 0 Å². The number of hydrogen-bond donors (Lipinski definition) is 2. The van der Waals surface area contributed by atoms with E-state index >= 15 is 0 Å². The first-order chi connectivity index (χ1) is 7.50. The van der Waals surface area contributed by atoms with Gasteiger partial charge < -0.3 is 10.2 Å². The zero-order chi connectivity index (χ0) is 11.8. The first-order valence-corrected chi connectivity index (χ1v) is 5.95. The second-order valence-corrected chi connectivity index (χ2v) is 5.18. The highest BCUT2D eigenvalue weighted by Crippen LogP contribution is 2.32. The topological polar surface area (TPSA) is 40.5 Å². The van der Waals surface area contributed by atoms with Crippen LogP contribution in [0.4, 0.5) is 0 Å². The predicted molar refractivity (Wildman–Crippen MR) is 65.8 cm³/mol. The van der Waals surface area contributed by atoms with E-state index in [0.29, 0.717) is 0 Å². The summed E-state index contributed by atoms with van der Waals surface area (Å²) in [7, 11) is 0. The van der Waals surface area contributed by atoms with Crippen molar-refractivity contribution in [2.45, 2.75) is 19.4 Å². The monoisotopic (exact) mass is 234 g/mol. The van der Waals surface area contributed by atoms with Gasteiger partial charge in [0.15, 0.2) is 0 Å². The number of aromatic hydroxyl groups is 1. The summed E-state index contributed by atoms with van der Waals surface area (Å²) in [6.45, 7) is 3.78. The zero-order valence-electron chi connectivity index (χ0n) is 9.27. The Morgan fingerprint density at radius 2 is 1.75 bits per heavy atom. The van der Waals surface area contributed by atoms with E-state index in [1.54, 1.807) is 42.5 Å². The molecule has 1 aromatic heterocycles. The second kappa shape index (κ2) is 3.92. The number of phenols is 1. The third kappa shape index (κ3) is 1.96. The molecule has 0 saturated heterocycles. The minimum Gasteiger partial charge on any atom is -0.508 e. The van der Waals surface area contributed by atoms with Gasteiger partial charge in [0.05, 0.1) is 0 Å². The van der Waals surface area contributed by atoms with Crippen molar-refractivity contribution in [2.24, 2.45) is 0 Å². The number of hydrogen-bond acceptors (Lipinski definition) is 3. The van der Waals surface area contributed by atoms with Gasteiger partial charge >= 0.3 is 0 Å². The van der Waals surface area contributed by atoms with Crippen LogP contribution in [0.5, 0.6) is 5.75 Å². The predicted octanol–water partition coefficient (Wildman–Crippen LogP) is 3.02. The first-order valence-electron chi connectivity index (χ1n) is 5.07. The third-order valence-electron chi connectivity index (χ3n) is 2.72. The van der Waals surface area contributed by atoms with E-state index < -0.39 is 5.60 Å². The molecule has 0 aliphatic heterocycles. The highest BCUT2D eigenvalue weighted by Gasteiger charge is 2.26. The molecular weight excluding hydrogens is 220 g/mol. The number of benzene rings is 1. The summed E-state index contributed by atoms with van der Waals surface area (Å²) >= 11 is 1.62. The molecule has 1 aromatic carbocycles. The van der Waals surface area contributed by atoms with Crippen LogP contribution in [-0.2, 0) is 5.60 Å². The van der Waals surface area contributed by atoms with Gasteiger partial charge in [0, 0.05) is 4.88 Å². The normalized spacial score (nSPS) is 14.7. The van der Waals surface area contributed by atoms with Crippen LogP contribution in [-0.4, -0.2) is 10.2 Å². The van der Waals surface area contributed by atoms with E-state index in [1.165, 1.54) is 4.88 Å². The van der Waals surface area contributed by atoms with Crippen molar-refractivity contribution in [3.05, 3.63) is 51.7 Å². The molecule has 2 aromatic rings. The highest BCUT2D eigenvalue weighted by atomic mass is 32.1. The van der Waals surface area contributed by atoms with Gasteiger partial charge in [-0.05, 0) is 48.6 Å². The summed E-state index contributed by atoms with van der Waals surface area (Å²) in [6.07, 6.45) is 0. The molecule has 0 aliphatic carbocycles. The van der Waals surface area contributed by atoms with Gasteiger partial charge in [0.1, 0.15) is 11.4 Å². The molecule has 3 heteroatoms. The van der Waals surface area contributed by atoms with Gasteiger partial charge in [-0.15, -0.1) is 11.3 Å². The lowest BCUT2D eigenvalue weighted by atomic mass is 9.90. The smallest absolute Gasteiger partial charge is 0.115 e. The van der Waals surface area contributed by atoms with Gasteiger partial charge in [-0.3, -0.25) is 0 Å². The molecule has 0 radical (unpaired) electrons. The largest absolute Gasteiger partial charge is 0.508 e. The van der Waals surface area contributed by atoms with Gasteiger partial charge in [0.25, 0.3) is 0 Å². The Morgan fingerprint density at radius 1 is 1.12 bits per heavy atom. The van der Waals surface area contributed by atoms with Crippen molar-refractivity contribution in [1.29, 1.82) is 0 Å². The molecule has 1 heterocycles. The lowest BCUT2D eigenvalue weighted by molar-refractivity contribution is 0.103. The van der Waals surface area contributed by atoms with E-state index in [1.807, 2.05) is 18.4 Å². The molecule has 1 unspecified atom stereocenters. The second-order valence-electron chi connectivity index (χ2n) is 4.07. The quantitative estimate of drug-likeness (QED) is 0.838. The Morgan fingerprint density at radius 3 is 2.25 bits per heavy atom. The van der Waals surface area contributed by atoms with Crippen LogP contribution in [0.1, 0.15) is 22.9 Å². The summed E-state index contributed by atoms with van der Waals surface area (Å²) in [6, 6.07) is 8.63. The fourth-order valence-corrected chi connectivity index (χ4v) is 2.46. The highest BCUT2D eigenvalue weighted by molar-refractivity contribution is 7.10. The Kier molecular flexibility index (Phi) is 2.74. The van der Waals surface area contributed by atoms with Crippen molar-refractivity contribution in [1.82, 2.24) is 0 Å². The Hall–Kier alpha value is -1.32. The van der Waals surface area contributed by atoms with Crippen molar-refractivity contribution in [2.75, 3.05) is 0 Å². The van der Waals surface area contributed by atoms with Crippen LogP contribution >= 0.6 is 11.3 Å². The number of rotatable bonds is 2. The summed E-state index contributed by atoms with van der Waals surface area (Å²) in [5.41, 5.74) is 0.669. The number of phenolic OH excluding ortho intramolecular Hbond substituents is 1. The van der Waals surface area contributed by atoms with Crippen LogP contribution in [0.15, 0.2) is 35.7 Å². The molecule has 0 fully saturated rings. The van der Waals surface area contributed by atoms with Crippen LogP contribution in [0.2, 0.25) is 0 Å². The molecule has 0 amide bonds. The SMILES string of the molecule is Cc1cc(C(C)(O)c2ccc(O)cc2)cs1. The molecule has 16 heavy (non-hydrogen) atoms. The van der Waals surface area contributed by atoms with Crippen molar-refractivity contribution in [3.8, 4) is 5.75 Å². The average Bonchev–Trinajstić information content (AvgIpc) is 2.66. The maximum atomic E-state index is 10.5. The Balaban J connectivity index is 2.42. The molecular formula is C13H14O2S. The average molecular weight is 234 g/mol. The van der Waals surface area contributed by atoms with Crippen molar-refractivity contribution in [3.63, 3.8) is 0 Å². The van der Waals surface area contributed by atoms with Gasteiger partial charge in [-0.1, -0.05) is 12.1 Å². The Bertz CT molecular complexity index is 483. The molecule has 1 atom stereocenters. The summed E-state index contributed by atoms with van der Waals surface area (Å²) in [5, 5.41) is 21.7. The van der Waals surface area contributed by atoms with Crippen molar-refractivity contribution < 1.29 is 10.2 Å². The minimum atomic E-state index is -1.00. The van der Waals surface area contributed by atoms with Crippen LogP contribution in [0, 0.1) is 6.92 Å². The summed E-state index contributed by atoms with van der Waals surface area (Å²) < 4.78 is 0. The first kappa shape index (κ1) is 11.2. The standard InChI is InChI=1S/C13H14O2S/c1-9-7-11(8-16-9)13(2,15)10-3-5-12(14)6-4-10/h3-8,14-15H,1-2H3. The molecule has 2 nitrogen and oxygen atoms in total. The van der Waals surface area contributed by atoms with Crippen molar-refractivity contribution >= 4 is 11.3 Å². The van der Waals surface area contributed by atoms with E-state index in [-0.39, 0.29) is 5.75 Å². The van der Waals surface area contributed by atoms with Crippen LogP contribution in [0.25, 0.3) is 0 Å². The van der Waals surface area contributed by atoms with Crippen LogP contribution < -0.4 is 0 Å². The molecule has 2 N–H and O–H groups in total.